The maximum atomic E-state index is 13.2. The maximum Gasteiger partial charge on any atom is 0.289 e. The molecule has 6 rings (SSSR count). The number of hydrogen-bond donors (Lipinski definition) is 1. The molecule has 2 aliphatic carbocycles. The molecule has 0 spiro atoms. The number of rotatable bonds is 8. The molecule has 0 aliphatic heterocycles. The fourth-order valence-electron chi connectivity index (χ4n) is 4.92. The number of carbonyl (C=O) groups excluding carboxylic acids is 1. The summed E-state index contributed by atoms with van der Waals surface area (Å²) in [5, 5.41) is 8.50. The topological polar surface area (TPSA) is 108 Å². The van der Waals surface area contributed by atoms with Gasteiger partial charge in [0.25, 0.3) is 11.5 Å². The second-order valence-electron chi connectivity index (χ2n) is 10.1. The van der Waals surface area contributed by atoms with Crippen molar-refractivity contribution >= 4 is 16.9 Å². The van der Waals surface area contributed by atoms with Crippen molar-refractivity contribution in [2.45, 2.75) is 64.1 Å². The highest BCUT2D eigenvalue weighted by Gasteiger charge is 2.46. The SMILES string of the molecule is CCCn1cncc(-c2ccc(C3(NC(=O)c4ncc5cnn(C(C)C6CC6)c5n4)CC3)cc2)c1=O. The van der Waals surface area contributed by atoms with Crippen molar-refractivity contribution in [3.63, 3.8) is 0 Å². The first kappa shape index (κ1) is 22.6. The molecule has 36 heavy (non-hydrogen) atoms. The first-order chi connectivity index (χ1) is 17.5. The highest BCUT2D eigenvalue weighted by atomic mass is 16.2. The van der Waals surface area contributed by atoms with Crippen molar-refractivity contribution in [2.75, 3.05) is 0 Å². The summed E-state index contributed by atoms with van der Waals surface area (Å²) in [5.74, 6) is 0.487. The van der Waals surface area contributed by atoms with Crippen molar-refractivity contribution in [3.8, 4) is 11.1 Å². The molecule has 3 aromatic heterocycles. The standard InChI is InChI=1S/C27H29N7O2/c1-3-12-33-16-28-15-22(26(33)36)19-6-8-21(9-7-19)27(10-11-27)32-25(35)23-29-13-20-14-30-34(24(20)31-23)17(2)18-4-5-18/h6-9,13-18H,3-5,10-12H2,1-2H3,(H,32,35). The largest absolute Gasteiger partial charge is 0.340 e. The number of aromatic nitrogens is 6. The van der Waals surface area contributed by atoms with Crippen molar-refractivity contribution < 1.29 is 4.79 Å². The number of hydrogen-bond acceptors (Lipinski definition) is 6. The van der Waals surface area contributed by atoms with Gasteiger partial charge in [0.05, 0.1) is 35.1 Å². The monoisotopic (exact) mass is 483 g/mol. The molecule has 1 N–H and O–H groups in total. The lowest BCUT2D eigenvalue weighted by atomic mass is 10.0. The van der Waals surface area contributed by atoms with E-state index in [1.54, 1.807) is 29.5 Å². The highest BCUT2D eigenvalue weighted by Crippen LogP contribution is 2.46. The summed E-state index contributed by atoms with van der Waals surface area (Å²) in [6.45, 7) is 4.82. The molecule has 9 nitrogen and oxygen atoms in total. The Morgan fingerprint density at radius 3 is 2.64 bits per heavy atom. The minimum absolute atomic E-state index is 0.0446. The summed E-state index contributed by atoms with van der Waals surface area (Å²) in [7, 11) is 0. The number of aryl methyl sites for hydroxylation is 1. The van der Waals surface area contributed by atoms with Crippen molar-refractivity contribution in [2.24, 2.45) is 5.92 Å². The summed E-state index contributed by atoms with van der Waals surface area (Å²) >= 11 is 0. The molecule has 1 amide bonds. The molecule has 0 radical (unpaired) electrons. The summed E-state index contributed by atoms with van der Waals surface area (Å²) in [4.78, 5) is 39.1. The third-order valence-corrected chi connectivity index (χ3v) is 7.44. The zero-order valence-electron chi connectivity index (χ0n) is 20.5. The van der Waals surface area contributed by atoms with Crippen LogP contribution >= 0.6 is 0 Å². The van der Waals surface area contributed by atoms with E-state index < -0.39 is 5.54 Å². The zero-order valence-corrected chi connectivity index (χ0v) is 20.5. The van der Waals surface area contributed by atoms with Crippen LogP contribution in [0.15, 0.2) is 54.0 Å². The third kappa shape index (κ3) is 3.98. The molecule has 2 fully saturated rings. The van der Waals surface area contributed by atoms with E-state index >= 15 is 0 Å². The van der Waals surface area contributed by atoms with Gasteiger partial charge < -0.3 is 5.32 Å². The van der Waals surface area contributed by atoms with Gasteiger partial charge in [0.1, 0.15) is 0 Å². The lowest BCUT2D eigenvalue weighted by Crippen LogP contribution is -2.36. The van der Waals surface area contributed by atoms with Crippen molar-refractivity contribution in [3.05, 3.63) is 70.9 Å². The van der Waals surface area contributed by atoms with Crippen LogP contribution < -0.4 is 10.9 Å². The van der Waals surface area contributed by atoms with Crippen LogP contribution in [0.2, 0.25) is 0 Å². The van der Waals surface area contributed by atoms with Gasteiger partial charge in [-0.3, -0.25) is 14.2 Å². The van der Waals surface area contributed by atoms with Gasteiger partial charge in [0.2, 0.25) is 5.82 Å². The first-order valence-corrected chi connectivity index (χ1v) is 12.7. The molecule has 184 valence electrons. The van der Waals surface area contributed by atoms with Crippen LogP contribution in [0.5, 0.6) is 0 Å². The fraction of sp³-hybridized carbons (Fsp3) is 0.407. The lowest BCUT2D eigenvalue weighted by Gasteiger charge is -2.18. The summed E-state index contributed by atoms with van der Waals surface area (Å²) < 4.78 is 3.56. The van der Waals surface area contributed by atoms with E-state index in [-0.39, 0.29) is 23.3 Å². The highest BCUT2D eigenvalue weighted by molar-refractivity contribution is 5.93. The molecule has 2 aliphatic rings. The Morgan fingerprint density at radius 2 is 1.94 bits per heavy atom. The molecule has 4 aromatic rings. The van der Waals surface area contributed by atoms with Crippen LogP contribution in [0, 0.1) is 5.92 Å². The Labute approximate surface area is 208 Å². The molecule has 9 heteroatoms. The molecule has 0 saturated heterocycles. The minimum Gasteiger partial charge on any atom is -0.340 e. The molecular weight excluding hydrogens is 454 g/mol. The van der Waals surface area contributed by atoms with Gasteiger partial charge in [-0.15, -0.1) is 0 Å². The van der Waals surface area contributed by atoms with E-state index in [2.05, 4.69) is 32.3 Å². The number of carbonyl (C=O) groups is 1. The van der Waals surface area contributed by atoms with Crippen LogP contribution in [0.1, 0.15) is 68.2 Å². The number of fused-ring (bicyclic) bond motifs is 1. The van der Waals surface area contributed by atoms with Crippen molar-refractivity contribution in [1.29, 1.82) is 0 Å². The van der Waals surface area contributed by atoms with E-state index in [1.165, 1.54) is 12.8 Å². The predicted octanol–water partition coefficient (Wildman–Crippen LogP) is 3.85. The molecule has 1 atom stereocenters. The molecule has 0 bridgehead atoms. The predicted molar refractivity (Wildman–Crippen MR) is 135 cm³/mol. The average Bonchev–Trinajstić information content (AvgIpc) is 3.83. The quantitative estimate of drug-likeness (QED) is 0.408. The Kier molecular flexibility index (Phi) is 5.43. The summed E-state index contributed by atoms with van der Waals surface area (Å²) in [6.07, 6.45) is 11.6. The van der Waals surface area contributed by atoms with Crippen molar-refractivity contribution in [1.82, 2.24) is 34.6 Å². The van der Waals surface area contributed by atoms with Crippen LogP contribution in [-0.4, -0.2) is 35.2 Å². The van der Waals surface area contributed by atoms with Crippen LogP contribution in [0.25, 0.3) is 22.2 Å². The van der Waals surface area contributed by atoms with Gasteiger partial charge in [-0.05, 0) is 56.1 Å². The second-order valence-corrected chi connectivity index (χ2v) is 10.1. The number of nitrogens with zero attached hydrogens (tertiary/aromatic N) is 6. The van der Waals surface area contributed by atoms with Gasteiger partial charge in [-0.1, -0.05) is 31.2 Å². The summed E-state index contributed by atoms with van der Waals surface area (Å²) in [5.41, 5.74) is 2.62. The lowest BCUT2D eigenvalue weighted by molar-refractivity contribution is 0.0920. The van der Waals surface area contributed by atoms with E-state index in [0.717, 1.165) is 35.8 Å². The van der Waals surface area contributed by atoms with Gasteiger partial charge in [-0.25, -0.2) is 19.6 Å². The second kappa shape index (κ2) is 8.65. The van der Waals surface area contributed by atoms with E-state index in [4.69, 9.17) is 0 Å². The van der Waals surface area contributed by atoms with Crippen LogP contribution in [-0.2, 0) is 12.1 Å². The fourth-order valence-corrected chi connectivity index (χ4v) is 4.92. The maximum absolute atomic E-state index is 13.2. The zero-order chi connectivity index (χ0) is 24.9. The minimum atomic E-state index is -0.438. The number of amides is 1. The third-order valence-electron chi connectivity index (χ3n) is 7.44. The van der Waals surface area contributed by atoms with Gasteiger partial charge >= 0.3 is 0 Å². The summed E-state index contributed by atoms with van der Waals surface area (Å²) in [6, 6.07) is 8.07. The Bertz CT molecular complexity index is 1500. The van der Waals surface area contributed by atoms with E-state index in [1.807, 2.05) is 35.9 Å². The Hall–Kier alpha value is -3.88. The van der Waals surface area contributed by atoms with E-state index in [0.29, 0.717) is 23.7 Å². The first-order valence-electron chi connectivity index (χ1n) is 12.7. The Morgan fingerprint density at radius 1 is 1.17 bits per heavy atom. The Balaban J connectivity index is 1.22. The molecular formula is C27H29N7O2. The normalized spacial score (nSPS) is 17.2. The van der Waals surface area contributed by atoms with Crippen LogP contribution in [0.4, 0.5) is 0 Å². The molecule has 2 saturated carbocycles. The van der Waals surface area contributed by atoms with Gasteiger partial charge in [0, 0.05) is 18.9 Å². The van der Waals surface area contributed by atoms with Gasteiger partial charge in [0.15, 0.2) is 5.65 Å². The average molecular weight is 484 g/mol. The van der Waals surface area contributed by atoms with Crippen LogP contribution in [0.3, 0.4) is 0 Å². The molecule has 3 heterocycles. The van der Waals surface area contributed by atoms with Gasteiger partial charge in [-0.2, -0.15) is 5.10 Å². The molecule has 1 aromatic carbocycles. The van der Waals surface area contributed by atoms with E-state index in [9.17, 15) is 9.59 Å². The number of nitrogens with one attached hydrogen (secondary N) is 1. The molecule has 1 unspecified atom stereocenters. The smallest absolute Gasteiger partial charge is 0.289 e. The number of benzene rings is 1.